The summed E-state index contributed by atoms with van der Waals surface area (Å²) in [4.78, 5) is 10.9. The number of hydrogen-bond acceptors (Lipinski definition) is 4. The maximum Gasteiger partial charge on any atom is 0.282 e. The Balaban J connectivity index is 2.74. The van der Waals surface area contributed by atoms with Gasteiger partial charge < -0.3 is 10.5 Å². The van der Waals surface area contributed by atoms with E-state index in [1.54, 1.807) is 7.11 Å². The molecule has 6 nitrogen and oxygen atoms in total. The largest absolute Gasteiger partial charge is 0.385 e. The zero-order valence-electron chi connectivity index (χ0n) is 9.40. The first-order chi connectivity index (χ1) is 8.07. The molecule has 0 spiro atoms. The van der Waals surface area contributed by atoms with Crippen LogP contribution in [0.25, 0.3) is 0 Å². The van der Waals surface area contributed by atoms with Gasteiger partial charge in [-0.05, 0) is 12.8 Å². The van der Waals surface area contributed by atoms with Crippen LogP contribution in [0, 0.1) is 0 Å². The number of hydrogen-bond donors (Lipinski definition) is 1. The molecule has 17 heavy (non-hydrogen) atoms. The monoisotopic (exact) mass is 248 g/mol. The van der Waals surface area contributed by atoms with Gasteiger partial charge in [-0.15, -0.1) is 5.10 Å². The average Bonchev–Trinajstić information content (AvgIpc) is 2.68. The second kappa shape index (κ2) is 6.24. The fourth-order valence-electron chi connectivity index (χ4n) is 1.39. The Kier molecular flexibility index (Phi) is 4.95. The lowest BCUT2D eigenvalue weighted by atomic mass is 10.3. The van der Waals surface area contributed by atoms with Gasteiger partial charge in [-0.1, -0.05) is 5.21 Å². The first-order valence-electron chi connectivity index (χ1n) is 5.08. The summed E-state index contributed by atoms with van der Waals surface area (Å²) in [6.07, 6.45) is -1.50. The van der Waals surface area contributed by atoms with Crippen LogP contribution in [0.2, 0.25) is 0 Å². The molecule has 1 aromatic rings. The number of carbonyl (C=O) groups excluding carboxylic acids is 1. The quantitative estimate of drug-likeness (QED) is 0.721. The van der Waals surface area contributed by atoms with Gasteiger partial charge in [-0.25, -0.2) is 13.5 Å². The minimum Gasteiger partial charge on any atom is -0.385 e. The van der Waals surface area contributed by atoms with E-state index in [0.717, 1.165) is 4.68 Å². The minimum atomic E-state index is -2.82. The molecule has 0 atom stereocenters. The van der Waals surface area contributed by atoms with Crippen LogP contribution in [-0.2, 0) is 11.3 Å². The number of aryl methyl sites for hydroxylation is 1. The molecular weight excluding hydrogens is 234 g/mol. The number of primary amides is 1. The van der Waals surface area contributed by atoms with Crippen LogP contribution in [-0.4, -0.2) is 34.6 Å². The first kappa shape index (κ1) is 13.5. The number of unbranched alkanes of at least 4 members (excludes halogenated alkanes) is 1. The molecule has 0 aliphatic rings. The summed E-state index contributed by atoms with van der Waals surface area (Å²) in [5.41, 5.74) is 3.95. The van der Waals surface area contributed by atoms with Crippen molar-refractivity contribution in [3.63, 3.8) is 0 Å². The van der Waals surface area contributed by atoms with Crippen molar-refractivity contribution in [1.29, 1.82) is 0 Å². The summed E-state index contributed by atoms with van der Waals surface area (Å²) in [7, 11) is 1.56. The number of amides is 1. The van der Waals surface area contributed by atoms with Gasteiger partial charge in [0.05, 0.1) is 0 Å². The van der Waals surface area contributed by atoms with Crippen molar-refractivity contribution in [1.82, 2.24) is 15.0 Å². The van der Waals surface area contributed by atoms with Gasteiger partial charge in [-0.3, -0.25) is 4.79 Å². The highest BCUT2D eigenvalue weighted by Crippen LogP contribution is 2.21. The zero-order valence-corrected chi connectivity index (χ0v) is 9.40. The van der Waals surface area contributed by atoms with Crippen LogP contribution in [0.1, 0.15) is 35.4 Å². The maximum atomic E-state index is 12.7. The van der Waals surface area contributed by atoms with E-state index < -0.39 is 23.7 Å². The van der Waals surface area contributed by atoms with Crippen LogP contribution in [0.15, 0.2) is 0 Å². The summed E-state index contributed by atoms with van der Waals surface area (Å²) in [6.45, 7) is 0.796. The lowest BCUT2D eigenvalue weighted by Crippen LogP contribution is -2.16. The third-order valence-electron chi connectivity index (χ3n) is 2.18. The molecule has 0 aromatic carbocycles. The number of methoxy groups -OCH3 is 1. The van der Waals surface area contributed by atoms with E-state index in [9.17, 15) is 13.6 Å². The van der Waals surface area contributed by atoms with Gasteiger partial charge in [0.2, 0.25) is 0 Å². The fraction of sp³-hybridized carbons (Fsp3) is 0.667. The summed E-state index contributed by atoms with van der Waals surface area (Å²) < 4.78 is 31.3. The zero-order chi connectivity index (χ0) is 12.8. The average molecular weight is 248 g/mol. The van der Waals surface area contributed by atoms with Crippen LogP contribution in [0.5, 0.6) is 0 Å². The molecule has 2 N–H and O–H groups in total. The second-order valence-electron chi connectivity index (χ2n) is 3.41. The number of nitrogens with two attached hydrogens (primary N) is 1. The summed E-state index contributed by atoms with van der Waals surface area (Å²) in [5, 5.41) is 6.86. The van der Waals surface area contributed by atoms with Crippen LogP contribution >= 0.6 is 0 Å². The number of aromatic nitrogens is 3. The molecule has 0 fully saturated rings. The van der Waals surface area contributed by atoms with Crippen LogP contribution in [0.3, 0.4) is 0 Å². The summed E-state index contributed by atoms with van der Waals surface area (Å²) >= 11 is 0. The highest BCUT2D eigenvalue weighted by molar-refractivity contribution is 5.91. The van der Waals surface area contributed by atoms with Crippen molar-refractivity contribution in [2.24, 2.45) is 5.73 Å². The molecule has 0 radical (unpaired) electrons. The maximum absolute atomic E-state index is 12.7. The van der Waals surface area contributed by atoms with E-state index in [4.69, 9.17) is 10.5 Å². The second-order valence-corrected chi connectivity index (χ2v) is 3.41. The van der Waals surface area contributed by atoms with Gasteiger partial charge in [0.15, 0.2) is 5.69 Å². The summed E-state index contributed by atoms with van der Waals surface area (Å²) in [5.74, 6) is -0.997. The lowest BCUT2D eigenvalue weighted by Gasteiger charge is -2.05. The number of ether oxygens (including phenoxy) is 1. The van der Waals surface area contributed by atoms with Gasteiger partial charge in [0.25, 0.3) is 12.3 Å². The molecule has 0 saturated carbocycles. The van der Waals surface area contributed by atoms with E-state index in [0.29, 0.717) is 19.4 Å². The Morgan fingerprint density at radius 3 is 2.76 bits per heavy atom. The number of alkyl halides is 2. The number of nitrogens with zero attached hydrogens (tertiary/aromatic N) is 3. The highest BCUT2D eigenvalue weighted by Gasteiger charge is 2.24. The van der Waals surface area contributed by atoms with Gasteiger partial charge in [0, 0.05) is 20.3 Å². The fourth-order valence-corrected chi connectivity index (χ4v) is 1.39. The molecule has 1 rings (SSSR count). The van der Waals surface area contributed by atoms with Gasteiger partial charge >= 0.3 is 0 Å². The Bertz CT molecular complexity index is 381. The van der Waals surface area contributed by atoms with E-state index in [1.807, 2.05) is 0 Å². The van der Waals surface area contributed by atoms with Crippen molar-refractivity contribution >= 4 is 5.91 Å². The molecule has 96 valence electrons. The van der Waals surface area contributed by atoms with Gasteiger partial charge in [0.1, 0.15) is 5.69 Å². The first-order valence-corrected chi connectivity index (χ1v) is 5.08. The van der Waals surface area contributed by atoms with Gasteiger partial charge in [-0.2, -0.15) is 0 Å². The van der Waals surface area contributed by atoms with E-state index in [-0.39, 0.29) is 6.54 Å². The molecular formula is C9H14F2N4O2. The molecule has 0 unspecified atom stereocenters. The van der Waals surface area contributed by atoms with Crippen LogP contribution < -0.4 is 5.73 Å². The van der Waals surface area contributed by atoms with Crippen molar-refractivity contribution in [3.8, 4) is 0 Å². The molecule has 1 heterocycles. The van der Waals surface area contributed by atoms with E-state index in [2.05, 4.69) is 10.3 Å². The number of carbonyl (C=O) groups is 1. The van der Waals surface area contributed by atoms with E-state index >= 15 is 0 Å². The SMILES string of the molecule is COCCCCn1nnc(C(N)=O)c1C(F)F. The molecule has 1 aromatic heterocycles. The lowest BCUT2D eigenvalue weighted by molar-refractivity contribution is 0.0976. The molecule has 0 saturated heterocycles. The molecule has 0 bridgehead atoms. The predicted molar refractivity (Wildman–Crippen MR) is 54.6 cm³/mol. The third-order valence-corrected chi connectivity index (χ3v) is 2.18. The molecule has 0 aliphatic heterocycles. The molecule has 1 amide bonds. The Hall–Kier alpha value is -1.57. The van der Waals surface area contributed by atoms with Crippen molar-refractivity contribution in [2.45, 2.75) is 25.8 Å². The van der Waals surface area contributed by atoms with Crippen molar-refractivity contribution in [3.05, 3.63) is 11.4 Å². The number of halogens is 2. The standard InChI is InChI=1S/C9H14F2N4O2/c1-17-5-3-2-4-15-7(8(10)11)6(9(12)16)13-14-15/h8H,2-5H2,1H3,(H2,12,16). The third kappa shape index (κ3) is 3.45. The Morgan fingerprint density at radius 2 is 2.24 bits per heavy atom. The smallest absolute Gasteiger partial charge is 0.282 e. The van der Waals surface area contributed by atoms with Crippen molar-refractivity contribution in [2.75, 3.05) is 13.7 Å². The Labute approximate surface area is 96.7 Å². The summed E-state index contributed by atoms with van der Waals surface area (Å²) in [6, 6.07) is 0. The van der Waals surface area contributed by atoms with E-state index in [1.165, 1.54) is 0 Å². The minimum absolute atomic E-state index is 0.253. The normalized spacial score (nSPS) is 11.1. The topological polar surface area (TPSA) is 83.0 Å². The molecule has 0 aliphatic carbocycles. The van der Waals surface area contributed by atoms with Crippen molar-refractivity contribution < 1.29 is 18.3 Å². The Morgan fingerprint density at radius 1 is 1.53 bits per heavy atom. The molecule has 8 heteroatoms. The predicted octanol–water partition coefficient (Wildman–Crippen LogP) is 0.741. The van der Waals surface area contributed by atoms with Crippen LogP contribution in [0.4, 0.5) is 8.78 Å². The number of rotatable bonds is 7. The highest BCUT2D eigenvalue weighted by atomic mass is 19.3.